The average Bonchev–Trinajstić information content (AvgIpc) is 2.33. The van der Waals surface area contributed by atoms with E-state index in [0.29, 0.717) is 0 Å². The van der Waals surface area contributed by atoms with E-state index >= 15 is 0 Å². The SMILES string of the molecule is Cc1cc(C(N)c2ccccc2F)c(F)cc1F. The van der Waals surface area contributed by atoms with Crippen molar-refractivity contribution in [3.63, 3.8) is 0 Å². The molecule has 2 rings (SSSR count). The number of nitrogens with two attached hydrogens (primary N) is 1. The smallest absolute Gasteiger partial charge is 0.131 e. The van der Waals surface area contributed by atoms with Gasteiger partial charge in [0, 0.05) is 17.2 Å². The fourth-order valence-corrected chi connectivity index (χ4v) is 1.81. The molecule has 0 radical (unpaired) electrons. The summed E-state index contributed by atoms with van der Waals surface area (Å²) in [5.74, 6) is -1.92. The molecule has 0 aliphatic carbocycles. The third-order valence-corrected chi connectivity index (χ3v) is 2.85. The molecule has 0 saturated carbocycles. The van der Waals surface area contributed by atoms with Gasteiger partial charge >= 0.3 is 0 Å². The normalized spacial score (nSPS) is 12.5. The predicted molar refractivity (Wildman–Crippen MR) is 63.5 cm³/mol. The lowest BCUT2D eigenvalue weighted by molar-refractivity contribution is 0.553. The summed E-state index contributed by atoms with van der Waals surface area (Å²) in [6.07, 6.45) is 0. The van der Waals surface area contributed by atoms with E-state index in [1.807, 2.05) is 0 Å². The predicted octanol–water partition coefficient (Wildman–Crippen LogP) is 3.46. The molecule has 1 unspecified atom stereocenters. The lowest BCUT2D eigenvalue weighted by atomic mass is 9.97. The van der Waals surface area contributed by atoms with Gasteiger partial charge in [-0.15, -0.1) is 0 Å². The summed E-state index contributed by atoms with van der Waals surface area (Å²) in [5.41, 5.74) is 6.38. The van der Waals surface area contributed by atoms with Crippen molar-refractivity contribution in [3.8, 4) is 0 Å². The quantitative estimate of drug-likeness (QED) is 0.869. The maximum absolute atomic E-state index is 13.7. The third kappa shape index (κ3) is 2.24. The van der Waals surface area contributed by atoms with Crippen LogP contribution in [0.5, 0.6) is 0 Å². The highest BCUT2D eigenvalue weighted by molar-refractivity contribution is 5.35. The Hall–Kier alpha value is -1.81. The van der Waals surface area contributed by atoms with Crippen molar-refractivity contribution in [2.75, 3.05) is 0 Å². The Kier molecular flexibility index (Phi) is 3.39. The second kappa shape index (κ2) is 4.82. The van der Waals surface area contributed by atoms with Gasteiger partial charge in [-0.3, -0.25) is 0 Å². The monoisotopic (exact) mass is 251 g/mol. The molecule has 0 heterocycles. The van der Waals surface area contributed by atoms with Crippen LogP contribution in [0.2, 0.25) is 0 Å². The first kappa shape index (κ1) is 12.6. The minimum absolute atomic E-state index is 0.0824. The molecule has 4 heteroatoms. The number of hydrogen-bond acceptors (Lipinski definition) is 1. The van der Waals surface area contributed by atoms with Crippen LogP contribution in [0.3, 0.4) is 0 Å². The Balaban J connectivity index is 2.50. The molecule has 0 spiro atoms. The topological polar surface area (TPSA) is 26.0 Å². The summed E-state index contributed by atoms with van der Waals surface area (Å²) < 4.78 is 40.4. The van der Waals surface area contributed by atoms with Crippen LogP contribution in [0, 0.1) is 24.4 Å². The molecule has 1 atom stereocenters. The molecule has 2 N–H and O–H groups in total. The number of hydrogen-bond donors (Lipinski definition) is 1. The van der Waals surface area contributed by atoms with E-state index in [-0.39, 0.29) is 16.7 Å². The van der Waals surface area contributed by atoms with E-state index in [0.717, 1.165) is 6.07 Å². The van der Waals surface area contributed by atoms with E-state index < -0.39 is 23.5 Å². The second-order valence-electron chi connectivity index (χ2n) is 4.12. The van der Waals surface area contributed by atoms with Crippen molar-refractivity contribution in [1.82, 2.24) is 0 Å². The van der Waals surface area contributed by atoms with E-state index in [4.69, 9.17) is 5.73 Å². The fraction of sp³-hybridized carbons (Fsp3) is 0.143. The zero-order valence-corrected chi connectivity index (χ0v) is 9.75. The van der Waals surface area contributed by atoms with E-state index in [1.54, 1.807) is 6.07 Å². The summed E-state index contributed by atoms with van der Waals surface area (Å²) in [4.78, 5) is 0. The first-order chi connectivity index (χ1) is 8.50. The van der Waals surface area contributed by atoms with Crippen LogP contribution < -0.4 is 5.73 Å². The van der Waals surface area contributed by atoms with Gasteiger partial charge in [0.2, 0.25) is 0 Å². The Labute approximate surface area is 103 Å². The molecule has 18 heavy (non-hydrogen) atoms. The Morgan fingerprint density at radius 3 is 2.22 bits per heavy atom. The molecule has 0 bridgehead atoms. The molecular formula is C14H12F3N. The van der Waals surface area contributed by atoms with Gasteiger partial charge in [0.25, 0.3) is 0 Å². The van der Waals surface area contributed by atoms with E-state index in [9.17, 15) is 13.2 Å². The van der Waals surface area contributed by atoms with Gasteiger partial charge in [-0.05, 0) is 24.6 Å². The van der Waals surface area contributed by atoms with Gasteiger partial charge in [0.1, 0.15) is 17.5 Å². The van der Waals surface area contributed by atoms with E-state index in [2.05, 4.69) is 0 Å². The van der Waals surface area contributed by atoms with Crippen LogP contribution in [0.15, 0.2) is 36.4 Å². The number of aryl methyl sites for hydroxylation is 1. The lowest BCUT2D eigenvalue weighted by Gasteiger charge is -2.15. The summed E-state index contributed by atoms with van der Waals surface area (Å²) in [6.45, 7) is 1.51. The molecule has 2 aromatic carbocycles. The largest absolute Gasteiger partial charge is 0.320 e. The van der Waals surface area contributed by atoms with Crippen LogP contribution >= 0.6 is 0 Å². The van der Waals surface area contributed by atoms with Crippen molar-refractivity contribution in [3.05, 3.63) is 70.5 Å². The third-order valence-electron chi connectivity index (χ3n) is 2.85. The highest BCUT2D eigenvalue weighted by atomic mass is 19.1. The van der Waals surface area contributed by atoms with Gasteiger partial charge in [0.05, 0.1) is 6.04 Å². The molecule has 0 saturated heterocycles. The summed E-state index contributed by atoms with van der Waals surface area (Å²) in [5, 5.41) is 0. The highest BCUT2D eigenvalue weighted by Gasteiger charge is 2.18. The number of halogens is 3. The molecule has 0 aliphatic heterocycles. The summed E-state index contributed by atoms with van der Waals surface area (Å²) in [6, 6.07) is 7.00. The molecule has 0 amide bonds. The molecule has 1 nitrogen and oxygen atoms in total. The fourth-order valence-electron chi connectivity index (χ4n) is 1.81. The average molecular weight is 251 g/mol. The summed E-state index contributed by atoms with van der Waals surface area (Å²) >= 11 is 0. The minimum Gasteiger partial charge on any atom is -0.320 e. The van der Waals surface area contributed by atoms with Crippen LogP contribution in [0.1, 0.15) is 22.7 Å². The minimum atomic E-state index is -0.953. The highest BCUT2D eigenvalue weighted by Crippen LogP contribution is 2.26. The first-order valence-corrected chi connectivity index (χ1v) is 5.46. The second-order valence-corrected chi connectivity index (χ2v) is 4.12. The van der Waals surface area contributed by atoms with Crippen LogP contribution in [0.25, 0.3) is 0 Å². The molecule has 0 fully saturated rings. The van der Waals surface area contributed by atoms with Gasteiger partial charge in [-0.2, -0.15) is 0 Å². The van der Waals surface area contributed by atoms with E-state index in [1.165, 1.54) is 31.2 Å². The van der Waals surface area contributed by atoms with Crippen molar-refractivity contribution in [1.29, 1.82) is 0 Å². The van der Waals surface area contributed by atoms with Crippen LogP contribution in [-0.4, -0.2) is 0 Å². The maximum atomic E-state index is 13.7. The number of rotatable bonds is 2. The molecule has 0 aliphatic rings. The van der Waals surface area contributed by atoms with Crippen molar-refractivity contribution < 1.29 is 13.2 Å². The Morgan fingerprint density at radius 1 is 0.889 bits per heavy atom. The Bertz CT molecular complexity index is 581. The molecule has 2 aromatic rings. The number of benzene rings is 2. The van der Waals surface area contributed by atoms with Crippen LogP contribution in [0.4, 0.5) is 13.2 Å². The Morgan fingerprint density at radius 2 is 1.56 bits per heavy atom. The lowest BCUT2D eigenvalue weighted by Crippen LogP contribution is -2.15. The molecule has 94 valence electrons. The standard InChI is InChI=1S/C14H12F3N/c1-8-6-10(13(17)7-12(8)16)14(18)9-4-2-3-5-11(9)15/h2-7,14H,18H2,1H3. The van der Waals surface area contributed by atoms with Gasteiger partial charge in [-0.1, -0.05) is 18.2 Å². The first-order valence-electron chi connectivity index (χ1n) is 5.46. The van der Waals surface area contributed by atoms with Crippen molar-refractivity contribution >= 4 is 0 Å². The molecular weight excluding hydrogens is 239 g/mol. The van der Waals surface area contributed by atoms with Crippen LogP contribution in [-0.2, 0) is 0 Å². The van der Waals surface area contributed by atoms with Gasteiger partial charge in [0.15, 0.2) is 0 Å². The zero-order valence-electron chi connectivity index (χ0n) is 9.75. The zero-order chi connectivity index (χ0) is 13.3. The van der Waals surface area contributed by atoms with Crippen molar-refractivity contribution in [2.45, 2.75) is 13.0 Å². The summed E-state index contributed by atoms with van der Waals surface area (Å²) in [7, 11) is 0. The molecule has 0 aromatic heterocycles. The van der Waals surface area contributed by atoms with Crippen molar-refractivity contribution in [2.24, 2.45) is 5.73 Å². The van der Waals surface area contributed by atoms with Gasteiger partial charge < -0.3 is 5.73 Å². The maximum Gasteiger partial charge on any atom is 0.131 e. The van der Waals surface area contributed by atoms with Gasteiger partial charge in [-0.25, -0.2) is 13.2 Å².